The number of benzene rings is 1. The fourth-order valence-electron chi connectivity index (χ4n) is 3.02. The van der Waals surface area contributed by atoms with Gasteiger partial charge in [-0.1, -0.05) is 37.1 Å². The van der Waals surface area contributed by atoms with Gasteiger partial charge in [0.25, 0.3) is 0 Å². The lowest BCUT2D eigenvalue weighted by Gasteiger charge is -2.29. The van der Waals surface area contributed by atoms with Crippen LogP contribution in [0.2, 0.25) is 0 Å². The van der Waals surface area contributed by atoms with Gasteiger partial charge in [0, 0.05) is 23.7 Å². The molecule has 1 atom stereocenters. The molecule has 1 saturated heterocycles. The second kappa shape index (κ2) is 7.41. The van der Waals surface area contributed by atoms with Crippen molar-refractivity contribution in [2.75, 3.05) is 6.54 Å². The molecule has 21 heavy (non-hydrogen) atoms. The summed E-state index contributed by atoms with van der Waals surface area (Å²) in [5.74, 6) is -0.361. The summed E-state index contributed by atoms with van der Waals surface area (Å²) in [5, 5.41) is 11.5. The fraction of sp³-hybridized carbons (Fsp3) is 0.562. The van der Waals surface area contributed by atoms with Crippen molar-refractivity contribution in [2.45, 2.75) is 51.6 Å². The van der Waals surface area contributed by atoms with Gasteiger partial charge in [0.1, 0.15) is 5.82 Å². The molecule has 1 aromatic carbocycles. The van der Waals surface area contributed by atoms with Gasteiger partial charge in [-0.2, -0.15) is 0 Å². The average Bonchev–Trinajstić information content (AvgIpc) is 2.73. The van der Waals surface area contributed by atoms with Crippen molar-refractivity contribution >= 4 is 5.84 Å². The van der Waals surface area contributed by atoms with Crippen molar-refractivity contribution in [3.63, 3.8) is 0 Å². The molecule has 0 aliphatic carbocycles. The van der Waals surface area contributed by atoms with Crippen molar-refractivity contribution in [1.82, 2.24) is 4.90 Å². The second-order valence-corrected chi connectivity index (χ2v) is 5.67. The zero-order valence-corrected chi connectivity index (χ0v) is 12.6. The Hall–Kier alpha value is -1.62. The van der Waals surface area contributed by atoms with Crippen LogP contribution in [0, 0.1) is 5.82 Å². The van der Waals surface area contributed by atoms with Crippen LogP contribution in [0.1, 0.15) is 50.2 Å². The largest absolute Gasteiger partial charge is 0.409 e. The molecule has 5 heteroatoms. The molecule has 0 radical (unpaired) electrons. The van der Waals surface area contributed by atoms with Gasteiger partial charge in [0.05, 0.1) is 0 Å². The van der Waals surface area contributed by atoms with Gasteiger partial charge in [-0.05, 0) is 31.9 Å². The molecule has 1 aromatic rings. The molecular weight excluding hydrogens is 269 g/mol. The summed E-state index contributed by atoms with van der Waals surface area (Å²) in [5.41, 5.74) is 6.56. The molecule has 2 rings (SSSR count). The summed E-state index contributed by atoms with van der Waals surface area (Å²) in [6.45, 7) is 3.85. The minimum Gasteiger partial charge on any atom is -0.409 e. The average molecular weight is 293 g/mol. The topological polar surface area (TPSA) is 61.8 Å². The molecule has 0 saturated carbocycles. The molecular formula is C16H24FN3O. The maximum absolute atomic E-state index is 14.2. The van der Waals surface area contributed by atoms with Crippen molar-refractivity contribution in [3.05, 3.63) is 35.1 Å². The molecule has 0 aromatic heterocycles. The number of amidine groups is 1. The van der Waals surface area contributed by atoms with E-state index in [9.17, 15) is 4.39 Å². The molecule has 1 unspecified atom stereocenters. The second-order valence-electron chi connectivity index (χ2n) is 5.67. The van der Waals surface area contributed by atoms with Crippen LogP contribution in [-0.4, -0.2) is 28.5 Å². The number of nitrogens with zero attached hydrogens (tertiary/aromatic N) is 2. The Bertz CT molecular complexity index is 504. The molecule has 4 nitrogen and oxygen atoms in total. The van der Waals surface area contributed by atoms with Gasteiger partial charge < -0.3 is 10.9 Å². The Labute approximate surface area is 125 Å². The third-order valence-electron chi connectivity index (χ3n) is 4.30. The lowest BCUT2D eigenvalue weighted by molar-refractivity contribution is 0.184. The van der Waals surface area contributed by atoms with Crippen LogP contribution in [0.15, 0.2) is 23.4 Å². The predicted octanol–water partition coefficient (Wildman–Crippen LogP) is 3.07. The highest BCUT2D eigenvalue weighted by atomic mass is 19.1. The first-order chi connectivity index (χ1) is 10.2. The third kappa shape index (κ3) is 3.94. The summed E-state index contributed by atoms with van der Waals surface area (Å²) < 4.78 is 14.2. The Morgan fingerprint density at radius 2 is 2.24 bits per heavy atom. The van der Waals surface area contributed by atoms with Gasteiger partial charge in [0.15, 0.2) is 5.84 Å². The van der Waals surface area contributed by atoms with E-state index in [0.29, 0.717) is 23.7 Å². The maximum Gasteiger partial charge on any atom is 0.170 e. The van der Waals surface area contributed by atoms with E-state index in [-0.39, 0.29) is 11.7 Å². The van der Waals surface area contributed by atoms with Crippen LogP contribution in [-0.2, 0) is 6.54 Å². The molecule has 1 fully saturated rings. The molecule has 116 valence electrons. The molecule has 0 spiro atoms. The summed E-state index contributed by atoms with van der Waals surface area (Å²) >= 11 is 0. The number of nitrogens with two attached hydrogens (primary N) is 1. The number of halogens is 1. The normalized spacial score (nSPS) is 21.2. The Morgan fingerprint density at radius 3 is 2.90 bits per heavy atom. The van der Waals surface area contributed by atoms with Crippen molar-refractivity contribution in [2.24, 2.45) is 10.9 Å². The van der Waals surface area contributed by atoms with Gasteiger partial charge in [-0.25, -0.2) is 4.39 Å². The van der Waals surface area contributed by atoms with Crippen LogP contribution >= 0.6 is 0 Å². The van der Waals surface area contributed by atoms with E-state index in [4.69, 9.17) is 10.9 Å². The van der Waals surface area contributed by atoms with E-state index in [1.165, 1.54) is 31.7 Å². The number of likely N-dealkylation sites (tertiary alicyclic amines) is 1. The number of oxime groups is 1. The minimum absolute atomic E-state index is 0.0679. The third-order valence-corrected chi connectivity index (χ3v) is 4.30. The molecule has 0 amide bonds. The smallest absolute Gasteiger partial charge is 0.170 e. The van der Waals surface area contributed by atoms with Crippen LogP contribution in [0.25, 0.3) is 0 Å². The zero-order chi connectivity index (χ0) is 15.2. The summed E-state index contributed by atoms with van der Waals surface area (Å²) in [4.78, 5) is 2.38. The number of hydrogen-bond donors (Lipinski definition) is 2. The quantitative estimate of drug-likeness (QED) is 0.388. The van der Waals surface area contributed by atoms with Crippen LogP contribution in [0.4, 0.5) is 4.39 Å². The van der Waals surface area contributed by atoms with Gasteiger partial charge in [0.2, 0.25) is 0 Å². The standard InChI is InChI=1S/C16H24FN3O/c1-2-14-6-4-3-5-9-20(14)11-13-8-7-12(10-15(13)17)16(18)19-21/h7-8,10,14,21H,2-6,9,11H2,1H3,(H2,18,19). The van der Waals surface area contributed by atoms with Crippen LogP contribution in [0.3, 0.4) is 0 Å². The first-order valence-corrected chi connectivity index (χ1v) is 7.66. The number of rotatable bonds is 4. The van der Waals surface area contributed by atoms with E-state index in [2.05, 4.69) is 17.0 Å². The van der Waals surface area contributed by atoms with E-state index in [1.54, 1.807) is 12.1 Å². The van der Waals surface area contributed by atoms with Crippen LogP contribution < -0.4 is 5.73 Å². The van der Waals surface area contributed by atoms with E-state index >= 15 is 0 Å². The maximum atomic E-state index is 14.2. The van der Waals surface area contributed by atoms with Crippen LogP contribution in [0.5, 0.6) is 0 Å². The summed E-state index contributed by atoms with van der Waals surface area (Å²) in [6.07, 6.45) is 6.00. The number of hydrogen-bond acceptors (Lipinski definition) is 3. The SMILES string of the molecule is CCC1CCCCCN1Cc1ccc(/C(N)=N/O)cc1F. The van der Waals surface area contributed by atoms with Crippen molar-refractivity contribution in [3.8, 4) is 0 Å². The van der Waals surface area contributed by atoms with E-state index in [0.717, 1.165) is 13.0 Å². The zero-order valence-electron chi connectivity index (χ0n) is 12.6. The lowest BCUT2D eigenvalue weighted by atomic mass is 10.1. The minimum atomic E-state index is -0.293. The van der Waals surface area contributed by atoms with Gasteiger partial charge in [-0.3, -0.25) is 4.90 Å². The Balaban J connectivity index is 2.14. The lowest BCUT2D eigenvalue weighted by Crippen LogP contribution is -2.34. The molecule has 1 aliphatic heterocycles. The van der Waals surface area contributed by atoms with E-state index < -0.39 is 0 Å². The first-order valence-electron chi connectivity index (χ1n) is 7.66. The molecule has 3 N–H and O–H groups in total. The highest BCUT2D eigenvalue weighted by Crippen LogP contribution is 2.22. The molecule has 1 aliphatic rings. The van der Waals surface area contributed by atoms with E-state index in [1.807, 2.05) is 0 Å². The fourth-order valence-corrected chi connectivity index (χ4v) is 3.02. The summed E-state index contributed by atoms with van der Waals surface area (Å²) in [6, 6.07) is 5.31. The van der Waals surface area contributed by atoms with Crippen molar-refractivity contribution in [1.29, 1.82) is 0 Å². The molecule has 1 heterocycles. The summed E-state index contributed by atoms with van der Waals surface area (Å²) in [7, 11) is 0. The first kappa shape index (κ1) is 15.8. The van der Waals surface area contributed by atoms with Gasteiger partial charge >= 0.3 is 0 Å². The Morgan fingerprint density at radius 1 is 1.43 bits per heavy atom. The Kier molecular flexibility index (Phi) is 5.56. The van der Waals surface area contributed by atoms with Crippen molar-refractivity contribution < 1.29 is 9.60 Å². The highest BCUT2D eigenvalue weighted by molar-refractivity contribution is 5.97. The highest BCUT2D eigenvalue weighted by Gasteiger charge is 2.20. The monoisotopic (exact) mass is 293 g/mol. The predicted molar refractivity (Wildman–Crippen MR) is 81.9 cm³/mol. The molecule has 0 bridgehead atoms. The van der Waals surface area contributed by atoms with Gasteiger partial charge in [-0.15, -0.1) is 0 Å².